The summed E-state index contributed by atoms with van der Waals surface area (Å²) < 4.78 is 49.3. The summed E-state index contributed by atoms with van der Waals surface area (Å²) in [7, 11) is 3.07. The second-order valence-corrected chi connectivity index (χ2v) is 14.7. The Balaban J connectivity index is 1.18. The van der Waals surface area contributed by atoms with Crippen LogP contribution in [0.3, 0.4) is 0 Å². The largest absolute Gasteiger partial charge is 0.492 e. The van der Waals surface area contributed by atoms with E-state index >= 15 is 0 Å². The lowest BCUT2D eigenvalue weighted by atomic mass is 9.80. The summed E-state index contributed by atoms with van der Waals surface area (Å²) in [6.45, 7) is -0.00298. The van der Waals surface area contributed by atoms with Gasteiger partial charge in [0, 0.05) is 11.1 Å². The lowest BCUT2D eigenvalue weighted by Crippen LogP contribution is -2.40. The van der Waals surface area contributed by atoms with Crippen molar-refractivity contribution >= 4 is 11.8 Å². The Kier molecular flexibility index (Phi) is 9.30. The van der Waals surface area contributed by atoms with E-state index in [0.29, 0.717) is 79.0 Å². The van der Waals surface area contributed by atoms with Crippen molar-refractivity contribution in [1.29, 1.82) is 0 Å². The average molecular weight is 805 g/mol. The fraction of sp³-hybridized carbons (Fsp3) is 0.208. The van der Waals surface area contributed by atoms with Crippen LogP contribution in [0.1, 0.15) is 33.4 Å². The highest BCUT2D eigenvalue weighted by Crippen LogP contribution is 2.57. The molecule has 6 aromatic carbocycles. The van der Waals surface area contributed by atoms with Gasteiger partial charge in [0.1, 0.15) is 36.5 Å². The maximum absolute atomic E-state index is 12.7. The summed E-state index contributed by atoms with van der Waals surface area (Å²) >= 11 is 0. The molecule has 0 spiro atoms. The highest BCUT2D eigenvalue weighted by molar-refractivity contribution is 6.11. The van der Waals surface area contributed by atoms with Crippen molar-refractivity contribution in [2.45, 2.75) is 23.3 Å². The number of hydrogen-bond donors (Lipinski definition) is 2. The molecule has 0 saturated carbocycles. The van der Waals surface area contributed by atoms with Crippen molar-refractivity contribution in [3.05, 3.63) is 167 Å². The van der Waals surface area contributed by atoms with Crippen LogP contribution in [0.4, 0.5) is 0 Å². The van der Waals surface area contributed by atoms with Gasteiger partial charge in [0.25, 0.3) is 0 Å². The first-order chi connectivity index (χ1) is 29.4. The highest BCUT2D eigenvalue weighted by Gasteiger charge is 2.47. The molecule has 0 bridgehead atoms. The predicted molar refractivity (Wildman–Crippen MR) is 222 cm³/mol. The molecule has 0 radical (unpaired) electrons. The standard InChI is InChI=1S/C48H40N2O10/c1-53-43-39(33(23-35-41(43)59-27-57-35)45-49-37(25-55-45)47(51,29-15-7-3-8-16-29)30-17-9-4-10-18-30)40-34(24-36-42(44(40)54-2)60-28-58-36)46-50-38(26-56-46)48(52,31-19-11-5-12-20-31)32-21-13-6-14-22-32/h3-24,37-38,51-52H,25-28H2,1-2H3/t37-,38-/m0/s1. The zero-order valence-electron chi connectivity index (χ0n) is 32.7. The SMILES string of the molecule is COc1c2c(cc(C3=N[C@H](C(O)(c4ccccc4)c4ccccc4)CO3)c1-c1c(C3=N[C@H](C(O)(c4ccccc4)c4ccccc4)CO3)cc3c(c1OC)OCO3)OCO2. The van der Waals surface area contributed by atoms with Gasteiger partial charge in [-0.1, -0.05) is 121 Å². The molecule has 4 heterocycles. The van der Waals surface area contributed by atoms with Crippen LogP contribution in [0.5, 0.6) is 34.5 Å². The van der Waals surface area contributed by atoms with Crippen LogP contribution in [0.2, 0.25) is 0 Å². The van der Waals surface area contributed by atoms with Gasteiger partial charge in [0.05, 0.1) is 25.3 Å². The van der Waals surface area contributed by atoms with Crippen molar-refractivity contribution in [2.24, 2.45) is 9.98 Å². The number of nitrogens with zero attached hydrogens (tertiary/aromatic N) is 2. The maximum Gasteiger partial charge on any atom is 0.231 e. The first-order valence-corrected chi connectivity index (χ1v) is 19.5. The van der Waals surface area contributed by atoms with E-state index in [9.17, 15) is 10.2 Å². The molecular formula is C48H40N2O10. The van der Waals surface area contributed by atoms with Crippen LogP contribution in [0.25, 0.3) is 11.1 Å². The van der Waals surface area contributed by atoms with Gasteiger partial charge in [-0.05, 0) is 34.4 Å². The first kappa shape index (κ1) is 37.3. The molecule has 6 aromatic rings. The zero-order chi connectivity index (χ0) is 40.8. The Morgan fingerprint density at radius 3 is 1.13 bits per heavy atom. The summed E-state index contributed by atoms with van der Waals surface area (Å²) in [5, 5.41) is 25.5. The van der Waals surface area contributed by atoms with Gasteiger partial charge < -0.3 is 48.1 Å². The van der Waals surface area contributed by atoms with Gasteiger partial charge in [-0.3, -0.25) is 0 Å². The summed E-state index contributed by atoms with van der Waals surface area (Å²) in [6, 6.07) is 39.8. The van der Waals surface area contributed by atoms with Crippen LogP contribution in [-0.2, 0) is 20.7 Å². The van der Waals surface area contributed by atoms with Crippen LogP contribution >= 0.6 is 0 Å². The minimum absolute atomic E-state index is 0.0476. The van der Waals surface area contributed by atoms with Gasteiger partial charge >= 0.3 is 0 Å². The highest BCUT2D eigenvalue weighted by atomic mass is 16.7. The van der Waals surface area contributed by atoms with Crippen molar-refractivity contribution < 1.29 is 48.1 Å². The van der Waals surface area contributed by atoms with Gasteiger partial charge in [0.15, 0.2) is 23.0 Å². The molecule has 0 aliphatic carbocycles. The van der Waals surface area contributed by atoms with Crippen molar-refractivity contribution in [3.63, 3.8) is 0 Å². The smallest absolute Gasteiger partial charge is 0.231 e. The molecule has 302 valence electrons. The van der Waals surface area contributed by atoms with Gasteiger partial charge in [-0.25, -0.2) is 9.98 Å². The molecule has 2 atom stereocenters. The van der Waals surface area contributed by atoms with E-state index in [2.05, 4.69) is 0 Å². The van der Waals surface area contributed by atoms with E-state index in [4.69, 9.17) is 47.9 Å². The lowest BCUT2D eigenvalue weighted by Gasteiger charge is -2.32. The van der Waals surface area contributed by atoms with Crippen LogP contribution < -0.4 is 28.4 Å². The number of methoxy groups -OCH3 is 2. The number of benzene rings is 6. The van der Waals surface area contributed by atoms with Crippen molar-refractivity contribution in [2.75, 3.05) is 41.0 Å². The van der Waals surface area contributed by atoms with Crippen molar-refractivity contribution in [1.82, 2.24) is 0 Å². The van der Waals surface area contributed by atoms with E-state index in [-0.39, 0.29) is 38.6 Å². The Morgan fingerprint density at radius 1 is 0.483 bits per heavy atom. The third kappa shape index (κ3) is 5.89. The molecule has 4 aliphatic heterocycles. The summed E-state index contributed by atoms with van der Waals surface area (Å²) in [5.41, 5.74) is 1.36. The van der Waals surface area contributed by atoms with E-state index < -0.39 is 23.3 Å². The summed E-state index contributed by atoms with van der Waals surface area (Å²) in [4.78, 5) is 10.3. The second-order valence-electron chi connectivity index (χ2n) is 14.7. The Bertz CT molecular complexity index is 2360. The van der Waals surface area contributed by atoms with Gasteiger partial charge in [-0.15, -0.1) is 0 Å². The molecule has 0 amide bonds. The Hall–Kier alpha value is -7.02. The minimum atomic E-state index is -1.55. The molecular weight excluding hydrogens is 765 g/mol. The van der Waals surface area contributed by atoms with E-state index in [0.717, 1.165) is 0 Å². The normalized spacial score (nSPS) is 17.7. The number of rotatable bonds is 11. The van der Waals surface area contributed by atoms with Crippen LogP contribution in [-0.4, -0.2) is 75.1 Å². The number of hydrogen-bond acceptors (Lipinski definition) is 12. The molecule has 60 heavy (non-hydrogen) atoms. The lowest BCUT2D eigenvalue weighted by molar-refractivity contribution is 0.0427. The Labute approximate surface area is 345 Å². The third-order valence-electron chi connectivity index (χ3n) is 11.5. The second kappa shape index (κ2) is 15.0. The van der Waals surface area contributed by atoms with Crippen LogP contribution in [0, 0.1) is 0 Å². The van der Waals surface area contributed by atoms with E-state index in [1.54, 1.807) is 12.1 Å². The minimum Gasteiger partial charge on any atom is -0.492 e. The first-order valence-electron chi connectivity index (χ1n) is 19.5. The average Bonchev–Trinajstić information content (AvgIpc) is 4.16. The van der Waals surface area contributed by atoms with E-state index in [1.165, 1.54) is 14.2 Å². The molecule has 4 aliphatic rings. The monoisotopic (exact) mass is 804 g/mol. The van der Waals surface area contributed by atoms with Gasteiger partial charge in [-0.2, -0.15) is 0 Å². The summed E-state index contributed by atoms with van der Waals surface area (Å²) in [6.07, 6.45) is 0. The van der Waals surface area contributed by atoms with Crippen molar-refractivity contribution in [3.8, 4) is 45.6 Å². The third-order valence-corrected chi connectivity index (χ3v) is 11.5. The fourth-order valence-electron chi connectivity index (χ4n) is 8.59. The van der Waals surface area contributed by atoms with E-state index in [1.807, 2.05) is 121 Å². The zero-order valence-corrected chi connectivity index (χ0v) is 32.7. The molecule has 12 heteroatoms. The number of aliphatic hydroxyl groups is 2. The molecule has 0 saturated heterocycles. The summed E-state index contributed by atoms with van der Waals surface area (Å²) in [5.74, 6) is 2.58. The molecule has 2 N–H and O–H groups in total. The van der Waals surface area contributed by atoms with Crippen LogP contribution in [0.15, 0.2) is 143 Å². The van der Waals surface area contributed by atoms with Gasteiger partial charge in [0.2, 0.25) is 36.9 Å². The molecule has 0 fully saturated rings. The number of aliphatic imine (C=N–C) groups is 2. The predicted octanol–water partition coefficient (Wildman–Crippen LogP) is 6.99. The number of ether oxygens (including phenoxy) is 8. The maximum atomic E-state index is 12.7. The molecule has 0 unspecified atom stereocenters. The molecule has 12 nitrogen and oxygen atoms in total. The topological polar surface area (TPSA) is 139 Å². The quantitative estimate of drug-likeness (QED) is 0.141. The molecule has 10 rings (SSSR count). The Morgan fingerprint density at radius 2 is 0.817 bits per heavy atom. The fourth-order valence-corrected chi connectivity index (χ4v) is 8.59. The molecule has 0 aromatic heterocycles. The number of fused-ring (bicyclic) bond motifs is 2.